The van der Waals surface area contributed by atoms with Crippen molar-refractivity contribution in [1.29, 1.82) is 0 Å². The fourth-order valence-corrected chi connectivity index (χ4v) is 2.48. The third kappa shape index (κ3) is 5.42. The normalized spacial score (nSPS) is 12.0. The van der Waals surface area contributed by atoms with E-state index in [1.165, 1.54) is 0 Å². The maximum atomic E-state index is 12.4. The molecule has 1 atom stereocenters. The quantitative estimate of drug-likeness (QED) is 0.805. The van der Waals surface area contributed by atoms with Crippen molar-refractivity contribution in [3.8, 4) is 0 Å². The van der Waals surface area contributed by atoms with E-state index in [9.17, 15) is 9.59 Å². The largest absolute Gasteiger partial charge is 0.467 e. The van der Waals surface area contributed by atoms with Crippen LogP contribution in [0.2, 0.25) is 5.02 Å². The maximum Gasteiger partial charge on any atom is 0.251 e. The van der Waals surface area contributed by atoms with Crippen molar-refractivity contribution in [2.24, 2.45) is 5.92 Å². The molecule has 0 saturated carbocycles. The molecule has 2 rings (SSSR count). The Morgan fingerprint density at radius 2 is 2.00 bits per heavy atom. The summed E-state index contributed by atoms with van der Waals surface area (Å²) < 4.78 is 5.19. The number of benzene rings is 1. The van der Waals surface area contributed by atoms with Crippen LogP contribution < -0.4 is 10.6 Å². The summed E-state index contributed by atoms with van der Waals surface area (Å²) in [7, 11) is 0. The van der Waals surface area contributed by atoms with Crippen LogP contribution in [0.25, 0.3) is 0 Å². The first-order chi connectivity index (χ1) is 11.5. The van der Waals surface area contributed by atoms with Gasteiger partial charge in [-0.3, -0.25) is 9.59 Å². The molecule has 1 heterocycles. The minimum atomic E-state index is -0.619. The lowest BCUT2D eigenvalue weighted by molar-refractivity contribution is -0.123. The highest BCUT2D eigenvalue weighted by atomic mass is 35.5. The van der Waals surface area contributed by atoms with Crippen LogP contribution in [0, 0.1) is 5.92 Å². The molecule has 2 amide bonds. The molecule has 0 radical (unpaired) electrons. The Morgan fingerprint density at radius 1 is 1.21 bits per heavy atom. The lowest BCUT2D eigenvalue weighted by Gasteiger charge is -2.20. The molecule has 2 N–H and O–H groups in total. The maximum absolute atomic E-state index is 12.4. The van der Waals surface area contributed by atoms with Gasteiger partial charge in [0.25, 0.3) is 5.91 Å². The molecule has 6 heteroatoms. The number of furan rings is 1. The summed E-state index contributed by atoms with van der Waals surface area (Å²) in [5.74, 6) is 0.351. The fourth-order valence-electron chi connectivity index (χ4n) is 2.28. The first-order valence-corrected chi connectivity index (χ1v) is 8.20. The second-order valence-electron chi connectivity index (χ2n) is 5.96. The molecule has 0 aliphatic heterocycles. The third-order valence-electron chi connectivity index (χ3n) is 3.43. The van der Waals surface area contributed by atoms with Crippen LogP contribution in [0.1, 0.15) is 36.4 Å². The molecule has 0 bridgehead atoms. The van der Waals surface area contributed by atoms with E-state index in [0.29, 0.717) is 22.8 Å². The summed E-state index contributed by atoms with van der Waals surface area (Å²) in [6.07, 6.45) is 2.09. The van der Waals surface area contributed by atoms with Crippen LogP contribution in [-0.2, 0) is 11.3 Å². The lowest BCUT2D eigenvalue weighted by atomic mass is 10.0. The minimum absolute atomic E-state index is 0.240. The molecular formula is C18H21ClN2O3. The molecule has 0 spiro atoms. The third-order valence-corrected chi connectivity index (χ3v) is 3.67. The standard InChI is InChI=1S/C18H21ClN2O3/c1-12(2)9-16(18(23)20-11-15-7-4-8-24-15)21-17(22)13-5-3-6-14(19)10-13/h3-8,10,12,16H,9,11H2,1-2H3,(H,20,23)(H,21,22)/t16-/m0/s1. The van der Waals surface area contributed by atoms with Crippen molar-refractivity contribution < 1.29 is 14.0 Å². The summed E-state index contributed by atoms with van der Waals surface area (Å²) in [6, 6.07) is 9.55. The average Bonchev–Trinajstić information content (AvgIpc) is 3.05. The van der Waals surface area contributed by atoms with E-state index in [1.54, 1.807) is 42.7 Å². The van der Waals surface area contributed by atoms with Crippen molar-refractivity contribution in [2.75, 3.05) is 0 Å². The zero-order valence-corrected chi connectivity index (χ0v) is 14.5. The molecule has 2 aromatic rings. The van der Waals surface area contributed by atoms with Crippen LogP contribution in [0.3, 0.4) is 0 Å². The van der Waals surface area contributed by atoms with E-state index in [4.69, 9.17) is 16.0 Å². The Bertz CT molecular complexity index is 683. The molecule has 0 unspecified atom stereocenters. The van der Waals surface area contributed by atoms with E-state index in [1.807, 2.05) is 13.8 Å². The van der Waals surface area contributed by atoms with Gasteiger partial charge in [0.05, 0.1) is 12.8 Å². The van der Waals surface area contributed by atoms with Gasteiger partial charge in [0.1, 0.15) is 11.8 Å². The molecule has 1 aromatic carbocycles. The fraction of sp³-hybridized carbons (Fsp3) is 0.333. The van der Waals surface area contributed by atoms with E-state index in [-0.39, 0.29) is 24.3 Å². The predicted octanol–water partition coefficient (Wildman–Crippen LogP) is 3.39. The smallest absolute Gasteiger partial charge is 0.251 e. The van der Waals surface area contributed by atoms with Crippen LogP contribution in [0.5, 0.6) is 0 Å². The van der Waals surface area contributed by atoms with E-state index >= 15 is 0 Å². The van der Waals surface area contributed by atoms with Crippen molar-refractivity contribution in [3.05, 3.63) is 59.0 Å². The Labute approximate surface area is 146 Å². The number of rotatable bonds is 7. The Kier molecular flexibility index (Phi) is 6.44. The van der Waals surface area contributed by atoms with Crippen molar-refractivity contribution in [2.45, 2.75) is 32.9 Å². The highest BCUT2D eigenvalue weighted by Crippen LogP contribution is 2.12. The number of carbonyl (C=O) groups excluding carboxylic acids is 2. The first-order valence-electron chi connectivity index (χ1n) is 7.82. The van der Waals surface area contributed by atoms with Gasteiger partial charge in [0.15, 0.2) is 0 Å². The highest BCUT2D eigenvalue weighted by molar-refractivity contribution is 6.31. The van der Waals surface area contributed by atoms with Gasteiger partial charge in [-0.05, 0) is 42.7 Å². The van der Waals surface area contributed by atoms with Gasteiger partial charge in [-0.2, -0.15) is 0 Å². The number of amides is 2. The van der Waals surface area contributed by atoms with Crippen LogP contribution in [0.4, 0.5) is 0 Å². The monoisotopic (exact) mass is 348 g/mol. The number of hydrogen-bond acceptors (Lipinski definition) is 3. The van der Waals surface area contributed by atoms with Crippen LogP contribution >= 0.6 is 11.6 Å². The number of carbonyl (C=O) groups is 2. The summed E-state index contributed by atoms with van der Waals surface area (Å²) in [5, 5.41) is 6.04. The van der Waals surface area contributed by atoms with E-state index in [0.717, 1.165) is 0 Å². The average molecular weight is 349 g/mol. The molecule has 0 fully saturated rings. The van der Waals surface area contributed by atoms with Gasteiger partial charge in [-0.15, -0.1) is 0 Å². The molecule has 0 aliphatic carbocycles. The summed E-state index contributed by atoms with van der Waals surface area (Å²) >= 11 is 5.91. The SMILES string of the molecule is CC(C)C[C@H](NC(=O)c1cccc(Cl)c1)C(=O)NCc1ccco1. The number of hydrogen-bond donors (Lipinski definition) is 2. The van der Waals surface area contributed by atoms with Gasteiger partial charge in [-0.25, -0.2) is 0 Å². The van der Waals surface area contributed by atoms with Gasteiger partial charge < -0.3 is 15.1 Å². The lowest BCUT2D eigenvalue weighted by Crippen LogP contribution is -2.47. The molecule has 0 aliphatic rings. The van der Waals surface area contributed by atoms with Crippen molar-refractivity contribution >= 4 is 23.4 Å². The topological polar surface area (TPSA) is 71.3 Å². The van der Waals surface area contributed by atoms with Crippen molar-refractivity contribution in [1.82, 2.24) is 10.6 Å². The summed E-state index contributed by atoms with van der Waals surface area (Å²) in [4.78, 5) is 24.8. The molecule has 1 aromatic heterocycles. The molecule has 24 heavy (non-hydrogen) atoms. The molecule has 5 nitrogen and oxygen atoms in total. The Hall–Kier alpha value is -2.27. The van der Waals surface area contributed by atoms with Crippen molar-refractivity contribution in [3.63, 3.8) is 0 Å². The van der Waals surface area contributed by atoms with Gasteiger partial charge in [-0.1, -0.05) is 31.5 Å². The Balaban J connectivity index is 2.01. The highest BCUT2D eigenvalue weighted by Gasteiger charge is 2.22. The Morgan fingerprint density at radius 3 is 2.62 bits per heavy atom. The zero-order valence-electron chi connectivity index (χ0n) is 13.7. The van der Waals surface area contributed by atoms with Crippen LogP contribution in [-0.4, -0.2) is 17.9 Å². The number of nitrogens with one attached hydrogen (secondary N) is 2. The van der Waals surface area contributed by atoms with Gasteiger partial charge >= 0.3 is 0 Å². The van der Waals surface area contributed by atoms with Crippen LogP contribution in [0.15, 0.2) is 47.1 Å². The minimum Gasteiger partial charge on any atom is -0.467 e. The molecule has 0 saturated heterocycles. The summed E-state index contributed by atoms with van der Waals surface area (Å²) in [6.45, 7) is 4.28. The number of halogens is 1. The summed E-state index contributed by atoms with van der Waals surface area (Å²) in [5.41, 5.74) is 0.426. The molecule has 128 valence electrons. The van der Waals surface area contributed by atoms with E-state index in [2.05, 4.69) is 10.6 Å². The second-order valence-corrected chi connectivity index (χ2v) is 6.40. The van der Waals surface area contributed by atoms with Gasteiger partial charge in [0.2, 0.25) is 5.91 Å². The van der Waals surface area contributed by atoms with Gasteiger partial charge in [0, 0.05) is 10.6 Å². The van der Waals surface area contributed by atoms with E-state index < -0.39 is 6.04 Å². The second kappa shape index (κ2) is 8.55. The first kappa shape index (κ1) is 18.1. The zero-order chi connectivity index (χ0) is 17.5. The predicted molar refractivity (Wildman–Crippen MR) is 92.7 cm³/mol. The molecular weight excluding hydrogens is 328 g/mol.